The van der Waals surface area contributed by atoms with Crippen molar-refractivity contribution < 1.29 is 14.3 Å². The second-order valence-corrected chi connectivity index (χ2v) is 4.71. The van der Waals surface area contributed by atoms with E-state index in [0.717, 1.165) is 0 Å². The number of hydrogen-bond acceptors (Lipinski definition) is 3. The molecule has 1 aromatic rings. The zero-order valence-corrected chi connectivity index (χ0v) is 11.3. The monoisotopic (exact) mass is 264 g/mol. The molecule has 19 heavy (non-hydrogen) atoms. The van der Waals surface area contributed by atoms with Crippen LogP contribution in [0.1, 0.15) is 30.6 Å². The van der Waals surface area contributed by atoms with E-state index in [1.165, 1.54) is 0 Å². The fourth-order valence-corrected chi connectivity index (χ4v) is 1.46. The molecule has 0 aromatic heterocycles. The number of primary amides is 1. The molecule has 5 heteroatoms. The van der Waals surface area contributed by atoms with Gasteiger partial charge in [-0.05, 0) is 24.1 Å². The lowest BCUT2D eigenvalue weighted by Gasteiger charge is -2.08. The highest BCUT2D eigenvalue weighted by Crippen LogP contribution is 2.10. The Morgan fingerprint density at radius 2 is 2.11 bits per heavy atom. The summed E-state index contributed by atoms with van der Waals surface area (Å²) in [5.41, 5.74) is 6.10. The molecule has 2 amide bonds. The van der Waals surface area contributed by atoms with Gasteiger partial charge in [-0.1, -0.05) is 19.9 Å². The first kappa shape index (κ1) is 15.2. The number of carbonyl (C=O) groups is 2. The number of benzene rings is 1. The first-order valence-electron chi connectivity index (χ1n) is 6.26. The Kier molecular flexibility index (Phi) is 6.02. The molecule has 0 aliphatic carbocycles. The van der Waals surface area contributed by atoms with Gasteiger partial charge in [0.2, 0.25) is 11.8 Å². The van der Waals surface area contributed by atoms with Gasteiger partial charge in [0.25, 0.3) is 0 Å². The second kappa shape index (κ2) is 7.53. The summed E-state index contributed by atoms with van der Waals surface area (Å²) in [4.78, 5) is 22.6. The van der Waals surface area contributed by atoms with E-state index in [-0.39, 0.29) is 12.3 Å². The van der Waals surface area contributed by atoms with Gasteiger partial charge in [0.05, 0.1) is 13.0 Å². The van der Waals surface area contributed by atoms with Crippen molar-refractivity contribution in [2.24, 2.45) is 11.7 Å². The van der Waals surface area contributed by atoms with Gasteiger partial charge in [-0.3, -0.25) is 9.59 Å². The van der Waals surface area contributed by atoms with Crippen LogP contribution in [-0.2, 0) is 9.53 Å². The molecule has 3 N–H and O–H groups in total. The zero-order chi connectivity index (χ0) is 14.3. The molecule has 0 atom stereocenters. The van der Waals surface area contributed by atoms with E-state index in [1.807, 2.05) is 0 Å². The largest absolute Gasteiger partial charge is 0.381 e. The van der Waals surface area contributed by atoms with Gasteiger partial charge < -0.3 is 15.8 Å². The Bertz CT molecular complexity index is 444. The topological polar surface area (TPSA) is 81.4 Å². The molecule has 0 unspecified atom stereocenters. The molecule has 0 fully saturated rings. The Morgan fingerprint density at radius 1 is 1.37 bits per heavy atom. The second-order valence-electron chi connectivity index (χ2n) is 4.71. The molecular weight excluding hydrogens is 244 g/mol. The van der Waals surface area contributed by atoms with Crippen molar-refractivity contribution in [1.29, 1.82) is 0 Å². The van der Waals surface area contributed by atoms with Crippen molar-refractivity contribution in [3.63, 3.8) is 0 Å². The Labute approximate surface area is 113 Å². The van der Waals surface area contributed by atoms with Crippen LogP contribution in [0, 0.1) is 5.92 Å². The number of rotatable bonds is 7. The molecule has 1 aromatic carbocycles. The minimum absolute atomic E-state index is 0.148. The summed E-state index contributed by atoms with van der Waals surface area (Å²) in [6.07, 6.45) is 0.285. The normalized spacial score (nSPS) is 10.5. The third-order valence-corrected chi connectivity index (χ3v) is 2.36. The molecule has 0 saturated heterocycles. The molecule has 0 heterocycles. The molecular formula is C14H20N2O3. The van der Waals surface area contributed by atoms with Crippen LogP contribution in [0.15, 0.2) is 24.3 Å². The fourth-order valence-electron chi connectivity index (χ4n) is 1.46. The van der Waals surface area contributed by atoms with Crippen molar-refractivity contribution in [2.75, 3.05) is 18.5 Å². The number of nitrogens with two attached hydrogens (primary N) is 1. The van der Waals surface area contributed by atoms with Gasteiger partial charge in [0.15, 0.2) is 0 Å². The first-order valence-corrected chi connectivity index (χ1v) is 6.26. The SMILES string of the molecule is CC(C)COCCC(=O)Nc1cccc(C(N)=O)c1. The maximum absolute atomic E-state index is 11.6. The lowest BCUT2D eigenvalue weighted by Crippen LogP contribution is -2.16. The number of ether oxygens (including phenoxy) is 1. The predicted molar refractivity (Wildman–Crippen MR) is 73.9 cm³/mol. The van der Waals surface area contributed by atoms with E-state index in [2.05, 4.69) is 19.2 Å². The van der Waals surface area contributed by atoms with Crippen LogP contribution in [0.5, 0.6) is 0 Å². The van der Waals surface area contributed by atoms with E-state index < -0.39 is 5.91 Å². The quantitative estimate of drug-likeness (QED) is 0.737. The number of hydrogen-bond donors (Lipinski definition) is 2. The van der Waals surface area contributed by atoms with E-state index in [1.54, 1.807) is 24.3 Å². The standard InChI is InChI=1S/C14H20N2O3/c1-10(2)9-19-7-6-13(17)16-12-5-3-4-11(8-12)14(15)18/h3-5,8,10H,6-7,9H2,1-2H3,(H2,15,18)(H,16,17). The van der Waals surface area contributed by atoms with Crippen LogP contribution in [0.3, 0.4) is 0 Å². The van der Waals surface area contributed by atoms with Crippen molar-refractivity contribution in [3.05, 3.63) is 29.8 Å². The molecule has 0 aliphatic heterocycles. The first-order chi connectivity index (χ1) is 8.99. The van der Waals surface area contributed by atoms with Crippen molar-refractivity contribution in [2.45, 2.75) is 20.3 Å². The van der Waals surface area contributed by atoms with Gasteiger partial charge >= 0.3 is 0 Å². The van der Waals surface area contributed by atoms with Gasteiger partial charge in [0.1, 0.15) is 0 Å². The third kappa shape index (κ3) is 6.01. The fraction of sp³-hybridized carbons (Fsp3) is 0.429. The van der Waals surface area contributed by atoms with Crippen LogP contribution in [0.2, 0.25) is 0 Å². The molecule has 1 rings (SSSR count). The van der Waals surface area contributed by atoms with E-state index >= 15 is 0 Å². The molecule has 5 nitrogen and oxygen atoms in total. The minimum Gasteiger partial charge on any atom is -0.381 e. The maximum Gasteiger partial charge on any atom is 0.248 e. The Balaban J connectivity index is 2.40. The van der Waals surface area contributed by atoms with Gasteiger partial charge in [-0.2, -0.15) is 0 Å². The summed E-state index contributed by atoms with van der Waals surface area (Å²) in [6.45, 7) is 5.13. The summed E-state index contributed by atoms with van der Waals surface area (Å²) in [5.74, 6) is -0.211. The molecule has 0 bridgehead atoms. The summed E-state index contributed by atoms with van der Waals surface area (Å²) in [6, 6.07) is 6.53. The molecule has 0 aliphatic rings. The smallest absolute Gasteiger partial charge is 0.248 e. The molecule has 0 spiro atoms. The van der Waals surface area contributed by atoms with Crippen LogP contribution in [0.4, 0.5) is 5.69 Å². The van der Waals surface area contributed by atoms with E-state index in [4.69, 9.17) is 10.5 Å². The Hall–Kier alpha value is -1.88. The highest BCUT2D eigenvalue weighted by Gasteiger charge is 2.05. The third-order valence-electron chi connectivity index (χ3n) is 2.36. The van der Waals surface area contributed by atoms with Crippen LogP contribution in [-0.4, -0.2) is 25.0 Å². The number of amides is 2. The van der Waals surface area contributed by atoms with E-state index in [9.17, 15) is 9.59 Å². The highest BCUT2D eigenvalue weighted by atomic mass is 16.5. The van der Waals surface area contributed by atoms with Crippen molar-refractivity contribution in [3.8, 4) is 0 Å². The number of nitrogens with one attached hydrogen (secondary N) is 1. The summed E-state index contributed by atoms with van der Waals surface area (Å²) >= 11 is 0. The molecule has 0 radical (unpaired) electrons. The molecule has 0 saturated carbocycles. The lowest BCUT2D eigenvalue weighted by molar-refractivity contribution is -0.117. The number of anilines is 1. The van der Waals surface area contributed by atoms with Crippen molar-refractivity contribution >= 4 is 17.5 Å². The maximum atomic E-state index is 11.6. The predicted octanol–water partition coefficient (Wildman–Crippen LogP) is 1.79. The minimum atomic E-state index is -0.517. The van der Waals surface area contributed by atoms with Gasteiger partial charge in [0, 0.05) is 17.9 Å². The van der Waals surface area contributed by atoms with Crippen LogP contribution >= 0.6 is 0 Å². The van der Waals surface area contributed by atoms with Crippen molar-refractivity contribution in [1.82, 2.24) is 0 Å². The van der Waals surface area contributed by atoms with Crippen LogP contribution in [0.25, 0.3) is 0 Å². The molecule has 104 valence electrons. The zero-order valence-electron chi connectivity index (χ0n) is 11.3. The summed E-state index contributed by atoms with van der Waals surface area (Å²) in [5, 5.41) is 2.70. The van der Waals surface area contributed by atoms with Gasteiger partial charge in [-0.15, -0.1) is 0 Å². The van der Waals surface area contributed by atoms with Gasteiger partial charge in [-0.25, -0.2) is 0 Å². The Morgan fingerprint density at radius 3 is 2.74 bits per heavy atom. The summed E-state index contributed by atoms with van der Waals surface area (Å²) < 4.78 is 5.33. The highest BCUT2D eigenvalue weighted by molar-refractivity contribution is 5.96. The number of carbonyl (C=O) groups excluding carboxylic acids is 2. The van der Waals surface area contributed by atoms with E-state index in [0.29, 0.717) is 30.4 Å². The average Bonchev–Trinajstić information content (AvgIpc) is 2.34. The lowest BCUT2D eigenvalue weighted by atomic mass is 10.2. The average molecular weight is 264 g/mol. The summed E-state index contributed by atoms with van der Waals surface area (Å²) in [7, 11) is 0. The van der Waals surface area contributed by atoms with Crippen LogP contribution < -0.4 is 11.1 Å².